The van der Waals surface area contributed by atoms with Crippen LogP contribution in [0, 0.1) is 6.92 Å². The number of aromatic nitrogens is 4. The Kier molecular flexibility index (Phi) is 2.65. The van der Waals surface area contributed by atoms with Gasteiger partial charge in [-0.3, -0.25) is 13.9 Å². The molecule has 0 amide bonds. The molecule has 21 heavy (non-hydrogen) atoms. The Morgan fingerprint density at radius 1 is 1.10 bits per heavy atom. The molecule has 3 aromatic heterocycles. The molecule has 8 heteroatoms. The van der Waals surface area contributed by atoms with Gasteiger partial charge in [-0.05, 0) is 0 Å². The van der Waals surface area contributed by atoms with Gasteiger partial charge in [0.2, 0.25) is 0 Å². The molecule has 0 unspecified atom stereocenters. The molecule has 0 aliphatic heterocycles. The van der Waals surface area contributed by atoms with Crippen LogP contribution in [0.4, 0.5) is 5.82 Å². The van der Waals surface area contributed by atoms with Crippen molar-refractivity contribution in [3.8, 4) is 0 Å². The second-order valence-electron chi connectivity index (χ2n) is 5.14. The van der Waals surface area contributed by atoms with Crippen LogP contribution >= 0.6 is 0 Å². The zero-order valence-corrected chi connectivity index (χ0v) is 12.5. The summed E-state index contributed by atoms with van der Waals surface area (Å²) in [6.07, 6.45) is 0. The van der Waals surface area contributed by atoms with Crippen LogP contribution in [-0.4, -0.2) is 33.2 Å². The van der Waals surface area contributed by atoms with Gasteiger partial charge in [0, 0.05) is 35.1 Å². The fourth-order valence-corrected chi connectivity index (χ4v) is 2.38. The van der Waals surface area contributed by atoms with Gasteiger partial charge in [-0.2, -0.15) is 0 Å². The Morgan fingerprint density at radius 2 is 1.76 bits per heavy atom. The fourth-order valence-electron chi connectivity index (χ4n) is 2.38. The zero-order valence-electron chi connectivity index (χ0n) is 12.5. The maximum Gasteiger partial charge on any atom is 0.332 e. The minimum absolute atomic E-state index is 0.265. The highest BCUT2D eigenvalue weighted by Gasteiger charge is 2.21. The number of nitrogens with zero attached hydrogens (tertiary/aromatic N) is 5. The molecule has 3 rings (SSSR count). The maximum atomic E-state index is 12.4. The molecule has 0 N–H and O–H groups in total. The first-order valence-electron chi connectivity index (χ1n) is 6.37. The predicted molar refractivity (Wildman–Crippen MR) is 78.9 cm³/mol. The van der Waals surface area contributed by atoms with Gasteiger partial charge in [0.05, 0.1) is 0 Å². The Labute approximate surface area is 119 Å². The molecule has 3 heterocycles. The van der Waals surface area contributed by atoms with E-state index in [1.54, 1.807) is 18.9 Å². The van der Waals surface area contributed by atoms with Crippen LogP contribution in [0.1, 0.15) is 5.89 Å². The molecular formula is C13H15N5O3. The summed E-state index contributed by atoms with van der Waals surface area (Å²) in [5, 5.41) is 0.265. The van der Waals surface area contributed by atoms with E-state index in [4.69, 9.17) is 4.42 Å². The lowest BCUT2D eigenvalue weighted by molar-refractivity contribution is 0.562. The highest BCUT2D eigenvalue weighted by molar-refractivity contribution is 6.03. The summed E-state index contributed by atoms with van der Waals surface area (Å²) in [6.45, 7) is 1.71. The number of fused-ring (bicyclic) bond motifs is 3. The molecule has 0 atom stereocenters. The minimum atomic E-state index is -0.438. The van der Waals surface area contributed by atoms with Crippen LogP contribution in [0.25, 0.3) is 22.1 Å². The van der Waals surface area contributed by atoms with E-state index >= 15 is 0 Å². The molecule has 0 aliphatic rings. The summed E-state index contributed by atoms with van der Waals surface area (Å²) in [7, 11) is 6.64. The first-order valence-corrected chi connectivity index (χ1v) is 6.37. The van der Waals surface area contributed by atoms with E-state index in [9.17, 15) is 9.59 Å². The number of rotatable bonds is 1. The quantitative estimate of drug-likeness (QED) is 0.634. The Bertz CT molecular complexity index is 993. The lowest BCUT2D eigenvalue weighted by atomic mass is 10.2. The van der Waals surface area contributed by atoms with E-state index in [0.717, 1.165) is 4.57 Å². The van der Waals surface area contributed by atoms with E-state index in [-0.39, 0.29) is 11.0 Å². The minimum Gasteiger partial charge on any atom is -0.440 e. The summed E-state index contributed by atoms with van der Waals surface area (Å²) in [5.74, 6) is 0.996. The molecular weight excluding hydrogens is 274 g/mol. The van der Waals surface area contributed by atoms with Crippen LogP contribution in [-0.2, 0) is 14.1 Å². The number of hydrogen-bond acceptors (Lipinski definition) is 6. The van der Waals surface area contributed by atoms with E-state index in [0.29, 0.717) is 22.8 Å². The third-order valence-electron chi connectivity index (χ3n) is 3.44. The van der Waals surface area contributed by atoms with E-state index in [1.165, 1.54) is 11.6 Å². The fraction of sp³-hybridized carbons (Fsp3) is 0.385. The van der Waals surface area contributed by atoms with Crippen LogP contribution in [0.2, 0.25) is 0 Å². The zero-order chi connectivity index (χ0) is 15.5. The van der Waals surface area contributed by atoms with E-state index in [1.807, 2.05) is 14.1 Å². The van der Waals surface area contributed by atoms with Crippen molar-refractivity contribution in [1.82, 2.24) is 19.1 Å². The lowest BCUT2D eigenvalue weighted by Gasteiger charge is -2.14. The summed E-state index contributed by atoms with van der Waals surface area (Å²) in [6, 6.07) is 0. The SMILES string of the molecule is Cc1nc2c(N(C)C)nc3c(c(=O)n(C)c(=O)n3C)c2o1. The molecule has 0 radical (unpaired) electrons. The van der Waals surface area contributed by atoms with Crippen LogP contribution < -0.4 is 16.1 Å². The van der Waals surface area contributed by atoms with Gasteiger partial charge in [-0.25, -0.2) is 14.8 Å². The molecule has 0 saturated carbocycles. The van der Waals surface area contributed by atoms with Gasteiger partial charge in [-0.15, -0.1) is 0 Å². The molecule has 110 valence electrons. The number of anilines is 1. The number of oxazole rings is 1. The van der Waals surface area contributed by atoms with E-state index < -0.39 is 11.2 Å². The smallest absolute Gasteiger partial charge is 0.332 e. The number of aryl methyl sites for hydroxylation is 2. The standard InChI is InChI=1S/C13H15N5O3/c1-6-14-8-9(21-6)7-10(15-11(8)16(2)3)17(4)13(20)18(5)12(7)19/h1-5H3. The van der Waals surface area contributed by atoms with Gasteiger partial charge in [0.25, 0.3) is 5.56 Å². The molecule has 0 saturated heterocycles. The van der Waals surface area contributed by atoms with Crippen molar-refractivity contribution in [3.63, 3.8) is 0 Å². The van der Waals surface area contributed by atoms with Crippen LogP contribution in [0.3, 0.4) is 0 Å². The van der Waals surface area contributed by atoms with Crippen molar-refractivity contribution in [2.45, 2.75) is 6.92 Å². The Hall–Kier alpha value is -2.64. The van der Waals surface area contributed by atoms with Crippen molar-refractivity contribution in [3.05, 3.63) is 26.7 Å². The summed E-state index contributed by atoms with van der Waals surface area (Å²) in [4.78, 5) is 35.0. The molecule has 0 fully saturated rings. The normalized spacial score (nSPS) is 11.5. The Morgan fingerprint density at radius 3 is 2.38 bits per heavy atom. The summed E-state index contributed by atoms with van der Waals surface area (Å²) in [5.41, 5.74) is 0.293. The molecule has 8 nitrogen and oxygen atoms in total. The van der Waals surface area contributed by atoms with E-state index in [2.05, 4.69) is 9.97 Å². The predicted octanol–water partition coefficient (Wildman–Crippen LogP) is 0.148. The second-order valence-corrected chi connectivity index (χ2v) is 5.14. The average molecular weight is 289 g/mol. The Balaban J connectivity index is 2.72. The maximum absolute atomic E-state index is 12.4. The highest BCUT2D eigenvalue weighted by Crippen LogP contribution is 2.28. The third-order valence-corrected chi connectivity index (χ3v) is 3.44. The van der Waals surface area contributed by atoms with Crippen LogP contribution in [0.5, 0.6) is 0 Å². The number of hydrogen-bond donors (Lipinski definition) is 0. The second kappa shape index (κ2) is 4.18. The summed E-state index contributed by atoms with van der Waals surface area (Å²) >= 11 is 0. The van der Waals surface area contributed by atoms with Crippen molar-refractivity contribution < 1.29 is 4.42 Å². The largest absolute Gasteiger partial charge is 0.440 e. The van der Waals surface area contributed by atoms with Crippen molar-refractivity contribution >= 4 is 28.0 Å². The van der Waals surface area contributed by atoms with Gasteiger partial charge >= 0.3 is 5.69 Å². The topological polar surface area (TPSA) is 86.2 Å². The molecule has 0 aromatic carbocycles. The average Bonchev–Trinajstić information content (AvgIpc) is 2.81. The van der Waals surface area contributed by atoms with Crippen molar-refractivity contribution in [2.75, 3.05) is 19.0 Å². The van der Waals surface area contributed by atoms with Crippen LogP contribution in [0.15, 0.2) is 14.0 Å². The van der Waals surface area contributed by atoms with Gasteiger partial charge in [0.15, 0.2) is 28.5 Å². The first kappa shape index (κ1) is 13.3. The molecule has 0 spiro atoms. The van der Waals surface area contributed by atoms with Crippen molar-refractivity contribution in [1.29, 1.82) is 0 Å². The monoisotopic (exact) mass is 289 g/mol. The third kappa shape index (κ3) is 1.68. The molecule has 0 bridgehead atoms. The molecule has 3 aromatic rings. The van der Waals surface area contributed by atoms with Gasteiger partial charge in [0.1, 0.15) is 5.39 Å². The first-order chi connectivity index (χ1) is 9.82. The van der Waals surface area contributed by atoms with Gasteiger partial charge < -0.3 is 9.32 Å². The van der Waals surface area contributed by atoms with Crippen molar-refractivity contribution in [2.24, 2.45) is 14.1 Å². The lowest BCUT2D eigenvalue weighted by Crippen LogP contribution is -2.37. The molecule has 0 aliphatic carbocycles. The highest BCUT2D eigenvalue weighted by atomic mass is 16.3. The van der Waals surface area contributed by atoms with Gasteiger partial charge in [-0.1, -0.05) is 0 Å². The summed E-state index contributed by atoms with van der Waals surface area (Å²) < 4.78 is 7.97. The number of pyridine rings is 1.